The summed E-state index contributed by atoms with van der Waals surface area (Å²) in [5.74, 6) is -0.0624. The number of hydrogen-bond donors (Lipinski definition) is 3. The maximum absolute atomic E-state index is 13.2. The highest BCUT2D eigenvalue weighted by Gasteiger charge is 2.43. The first-order chi connectivity index (χ1) is 11.9. The maximum Gasteiger partial charge on any atom is 0.586 e. The number of hydrogen-bond acceptors (Lipinski definition) is 6. The fourth-order valence-corrected chi connectivity index (χ4v) is 3.08. The zero-order chi connectivity index (χ0) is 17.6. The van der Waals surface area contributed by atoms with Crippen molar-refractivity contribution in [2.75, 3.05) is 0 Å². The van der Waals surface area contributed by atoms with Gasteiger partial charge in [-0.25, -0.2) is 10.9 Å². The number of nitrogens with one attached hydrogen (secondary N) is 3. The zero-order valence-corrected chi connectivity index (χ0v) is 13.3. The highest BCUT2D eigenvalue weighted by atomic mass is 35.5. The summed E-state index contributed by atoms with van der Waals surface area (Å²) in [6.45, 7) is 0. The predicted molar refractivity (Wildman–Crippen MR) is 84.6 cm³/mol. The molecule has 25 heavy (non-hydrogen) atoms. The zero-order valence-electron chi connectivity index (χ0n) is 12.5. The van der Waals surface area contributed by atoms with Gasteiger partial charge in [-0.05, 0) is 47.0 Å². The van der Waals surface area contributed by atoms with Gasteiger partial charge in [0, 0.05) is 5.02 Å². The standard InChI is InChI=1S/C16H11ClF2N4O2/c17-11-4-9(3-10(5-11)15-12(7-20)21-23-22-15)8-1-2-13-14(6-8)25-16(18,19)24-13/h1-6,12,15,21-23H. The molecule has 3 N–H and O–H groups in total. The van der Waals surface area contributed by atoms with Gasteiger partial charge in [-0.15, -0.1) is 8.78 Å². The topological polar surface area (TPSA) is 78.3 Å². The van der Waals surface area contributed by atoms with Crippen LogP contribution < -0.4 is 25.9 Å². The van der Waals surface area contributed by atoms with E-state index in [1.807, 2.05) is 6.07 Å². The van der Waals surface area contributed by atoms with Crippen molar-refractivity contribution in [1.29, 1.82) is 5.26 Å². The quantitative estimate of drug-likeness (QED) is 0.760. The van der Waals surface area contributed by atoms with E-state index in [1.165, 1.54) is 12.1 Å². The third-order valence-corrected chi connectivity index (χ3v) is 4.16. The Morgan fingerprint density at radius 1 is 1.04 bits per heavy atom. The van der Waals surface area contributed by atoms with Crippen molar-refractivity contribution in [1.82, 2.24) is 16.4 Å². The van der Waals surface area contributed by atoms with Crippen molar-refractivity contribution in [3.8, 4) is 28.7 Å². The normalized spacial score (nSPS) is 23.4. The summed E-state index contributed by atoms with van der Waals surface area (Å²) in [6.07, 6.45) is -3.66. The average molecular weight is 365 g/mol. The monoisotopic (exact) mass is 364 g/mol. The van der Waals surface area contributed by atoms with Gasteiger partial charge in [0.25, 0.3) is 0 Å². The summed E-state index contributed by atoms with van der Waals surface area (Å²) in [7, 11) is 0. The van der Waals surface area contributed by atoms with E-state index in [-0.39, 0.29) is 17.5 Å². The molecule has 0 amide bonds. The second-order valence-electron chi connectivity index (χ2n) is 5.60. The number of nitrogens with zero attached hydrogens (tertiary/aromatic N) is 1. The van der Waals surface area contributed by atoms with E-state index in [4.69, 9.17) is 11.6 Å². The van der Waals surface area contributed by atoms with Gasteiger partial charge in [0.2, 0.25) is 0 Å². The highest BCUT2D eigenvalue weighted by molar-refractivity contribution is 6.31. The lowest BCUT2D eigenvalue weighted by Gasteiger charge is -2.14. The van der Waals surface area contributed by atoms with Crippen LogP contribution in [-0.4, -0.2) is 12.3 Å². The van der Waals surface area contributed by atoms with Gasteiger partial charge in [-0.2, -0.15) is 10.8 Å². The Bertz CT molecular complexity index is 887. The molecule has 2 aliphatic rings. The summed E-state index contributed by atoms with van der Waals surface area (Å²) in [5.41, 5.74) is 10.6. The first kappa shape index (κ1) is 16.1. The van der Waals surface area contributed by atoms with Crippen molar-refractivity contribution in [3.05, 3.63) is 47.0 Å². The fraction of sp³-hybridized carbons (Fsp3) is 0.188. The van der Waals surface area contributed by atoms with Crippen LogP contribution >= 0.6 is 11.6 Å². The largest absolute Gasteiger partial charge is 0.586 e. The number of fused-ring (bicyclic) bond motifs is 1. The molecular formula is C16H11ClF2N4O2. The summed E-state index contributed by atoms with van der Waals surface area (Å²) < 4.78 is 35.2. The van der Waals surface area contributed by atoms with Gasteiger partial charge in [-0.3, -0.25) is 0 Å². The van der Waals surface area contributed by atoms with Crippen LogP contribution in [0.3, 0.4) is 0 Å². The lowest BCUT2D eigenvalue weighted by molar-refractivity contribution is -0.286. The molecule has 0 spiro atoms. The minimum absolute atomic E-state index is 0.0218. The molecule has 2 unspecified atom stereocenters. The number of rotatable bonds is 2. The van der Waals surface area contributed by atoms with Crippen LogP contribution in [0, 0.1) is 11.3 Å². The smallest absolute Gasteiger partial charge is 0.395 e. The van der Waals surface area contributed by atoms with E-state index in [1.54, 1.807) is 18.2 Å². The van der Waals surface area contributed by atoms with Gasteiger partial charge in [0.15, 0.2) is 11.5 Å². The number of nitriles is 1. The maximum atomic E-state index is 13.2. The van der Waals surface area contributed by atoms with Gasteiger partial charge in [-0.1, -0.05) is 17.7 Å². The van der Waals surface area contributed by atoms with Gasteiger partial charge in [0.05, 0.1) is 12.1 Å². The predicted octanol–water partition coefficient (Wildman–Crippen LogP) is 2.87. The minimum Gasteiger partial charge on any atom is -0.395 e. The number of hydrazine groups is 2. The number of alkyl halides is 2. The lowest BCUT2D eigenvalue weighted by Crippen LogP contribution is -2.32. The molecule has 4 rings (SSSR count). The SMILES string of the molecule is N#CC1NNNC1c1cc(Cl)cc(-c2ccc3c(c2)OC(F)(F)O3)c1. The molecule has 0 aliphatic carbocycles. The number of halogens is 3. The number of ether oxygens (including phenoxy) is 2. The molecule has 9 heteroatoms. The van der Waals surface area contributed by atoms with Crippen LogP contribution in [-0.2, 0) is 0 Å². The lowest BCUT2D eigenvalue weighted by atomic mass is 9.96. The molecule has 1 saturated heterocycles. The van der Waals surface area contributed by atoms with Crippen LogP contribution in [0.5, 0.6) is 11.5 Å². The molecule has 2 aromatic carbocycles. The van der Waals surface area contributed by atoms with E-state index < -0.39 is 12.3 Å². The first-order valence-corrected chi connectivity index (χ1v) is 7.69. The molecule has 128 valence electrons. The third-order valence-electron chi connectivity index (χ3n) is 3.94. The Hall–Kier alpha value is -2.44. The molecular weight excluding hydrogens is 354 g/mol. The second kappa shape index (κ2) is 5.82. The van der Waals surface area contributed by atoms with Crippen molar-refractivity contribution in [2.45, 2.75) is 18.4 Å². The molecule has 1 fully saturated rings. The number of benzene rings is 2. The Labute approximate surface area is 146 Å². The van der Waals surface area contributed by atoms with E-state index in [0.29, 0.717) is 16.1 Å². The Morgan fingerprint density at radius 2 is 1.84 bits per heavy atom. The van der Waals surface area contributed by atoms with Crippen LogP contribution in [0.2, 0.25) is 5.02 Å². The van der Waals surface area contributed by atoms with E-state index >= 15 is 0 Å². The van der Waals surface area contributed by atoms with Gasteiger partial charge >= 0.3 is 6.29 Å². The van der Waals surface area contributed by atoms with Gasteiger partial charge < -0.3 is 9.47 Å². The Morgan fingerprint density at radius 3 is 2.64 bits per heavy atom. The molecule has 2 atom stereocenters. The molecule has 0 bridgehead atoms. The highest BCUT2D eigenvalue weighted by Crippen LogP contribution is 2.43. The van der Waals surface area contributed by atoms with Gasteiger partial charge in [0.1, 0.15) is 6.04 Å². The molecule has 0 radical (unpaired) electrons. The average Bonchev–Trinajstić information content (AvgIpc) is 3.15. The third kappa shape index (κ3) is 2.99. The molecule has 2 aliphatic heterocycles. The van der Waals surface area contributed by atoms with Crippen LogP contribution in [0.15, 0.2) is 36.4 Å². The van der Waals surface area contributed by atoms with Crippen LogP contribution in [0.1, 0.15) is 11.6 Å². The Balaban J connectivity index is 1.72. The fourth-order valence-electron chi connectivity index (χ4n) is 2.83. The molecule has 0 aromatic heterocycles. The summed E-state index contributed by atoms with van der Waals surface area (Å²) >= 11 is 6.20. The summed E-state index contributed by atoms with van der Waals surface area (Å²) in [4.78, 5) is 0. The molecule has 0 saturated carbocycles. The molecule has 2 aromatic rings. The van der Waals surface area contributed by atoms with Crippen molar-refractivity contribution >= 4 is 11.6 Å². The van der Waals surface area contributed by atoms with Crippen molar-refractivity contribution < 1.29 is 18.3 Å². The van der Waals surface area contributed by atoms with E-state index in [2.05, 4.69) is 31.9 Å². The Kier molecular flexibility index (Phi) is 3.74. The minimum atomic E-state index is -3.66. The van der Waals surface area contributed by atoms with Crippen LogP contribution in [0.4, 0.5) is 8.78 Å². The summed E-state index contributed by atoms with van der Waals surface area (Å²) in [6, 6.07) is 11.1. The second-order valence-corrected chi connectivity index (χ2v) is 6.04. The molecule has 6 nitrogen and oxygen atoms in total. The van der Waals surface area contributed by atoms with E-state index in [0.717, 1.165) is 5.56 Å². The van der Waals surface area contributed by atoms with Crippen molar-refractivity contribution in [2.24, 2.45) is 0 Å². The molecule has 2 heterocycles. The van der Waals surface area contributed by atoms with E-state index in [9.17, 15) is 14.0 Å². The van der Waals surface area contributed by atoms with Crippen molar-refractivity contribution in [3.63, 3.8) is 0 Å². The summed E-state index contributed by atoms with van der Waals surface area (Å²) in [5, 5.41) is 9.64. The van der Waals surface area contributed by atoms with Crippen LogP contribution in [0.25, 0.3) is 11.1 Å². The first-order valence-electron chi connectivity index (χ1n) is 7.32.